The molecule has 1 aromatic heterocycles. The summed E-state index contributed by atoms with van der Waals surface area (Å²) in [6, 6.07) is 6.03. The number of amides is 2. The van der Waals surface area contributed by atoms with Gasteiger partial charge in [-0.05, 0) is 76.9 Å². The standard InChI is InChI=1S/C31H37ClFN5O3/c1-5-23(39)36-14-15-37-20(16-36)17-41-27-24(29(37)40)28(34-26(25(27)32)21-8-6-7-9-22(21)33)38-19-31(18-30(38,2)3)10-12-35(4)13-11-31/h5-9,20H,1,10-19H2,2-4H3/t20-/m1/s1. The Morgan fingerprint density at radius 3 is 2.63 bits per heavy atom. The summed E-state index contributed by atoms with van der Waals surface area (Å²) in [6.07, 6.45) is 4.37. The van der Waals surface area contributed by atoms with Crippen molar-refractivity contribution >= 4 is 29.2 Å². The molecule has 10 heteroatoms. The number of ether oxygens (including phenoxy) is 1. The van der Waals surface area contributed by atoms with Crippen LogP contribution in [-0.4, -0.2) is 96.0 Å². The van der Waals surface area contributed by atoms with Crippen LogP contribution >= 0.6 is 11.6 Å². The van der Waals surface area contributed by atoms with Crippen molar-refractivity contribution in [2.75, 3.05) is 57.8 Å². The maximum Gasteiger partial charge on any atom is 0.261 e. The number of nitrogens with zero attached hydrogens (tertiary/aromatic N) is 5. The number of likely N-dealkylation sites (tertiary alicyclic amines) is 1. The number of anilines is 1. The molecule has 1 atom stereocenters. The van der Waals surface area contributed by atoms with Crippen LogP contribution in [0.15, 0.2) is 36.9 Å². The molecule has 0 radical (unpaired) electrons. The van der Waals surface area contributed by atoms with Crippen molar-refractivity contribution in [1.29, 1.82) is 0 Å². The molecule has 0 saturated carbocycles. The minimum atomic E-state index is -0.448. The highest BCUT2D eigenvalue weighted by atomic mass is 35.5. The van der Waals surface area contributed by atoms with Crippen LogP contribution in [0.5, 0.6) is 5.75 Å². The largest absolute Gasteiger partial charge is 0.489 e. The lowest BCUT2D eigenvalue weighted by atomic mass is 9.74. The van der Waals surface area contributed by atoms with E-state index in [2.05, 4.69) is 37.3 Å². The summed E-state index contributed by atoms with van der Waals surface area (Å²) < 4.78 is 21.5. The molecule has 0 aliphatic carbocycles. The fourth-order valence-corrected chi connectivity index (χ4v) is 7.50. The number of rotatable bonds is 3. The molecule has 0 N–H and O–H groups in total. The van der Waals surface area contributed by atoms with E-state index >= 15 is 4.39 Å². The SMILES string of the molecule is C=CC(=O)N1CCN2C(=O)c3c(N4CC5(CCN(C)CC5)CC4(C)C)nc(-c4ccccc4F)c(Cl)c3OC[C@H]2C1. The van der Waals surface area contributed by atoms with Gasteiger partial charge in [0.15, 0.2) is 5.75 Å². The summed E-state index contributed by atoms with van der Waals surface area (Å²) >= 11 is 6.95. The van der Waals surface area contributed by atoms with Gasteiger partial charge >= 0.3 is 0 Å². The van der Waals surface area contributed by atoms with Crippen LogP contribution in [0.4, 0.5) is 10.2 Å². The fourth-order valence-electron chi connectivity index (χ4n) is 7.21. The molecule has 218 valence electrons. The molecule has 3 saturated heterocycles. The zero-order valence-electron chi connectivity index (χ0n) is 24.0. The first-order valence-electron chi connectivity index (χ1n) is 14.3. The summed E-state index contributed by atoms with van der Waals surface area (Å²) in [6.45, 7) is 12.0. The predicted molar refractivity (Wildman–Crippen MR) is 157 cm³/mol. The lowest BCUT2D eigenvalue weighted by molar-refractivity contribution is -0.128. The molecule has 4 aliphatic rings. The summed E-state index contributed by atoms with van der Waals surface area (Å²) in [4.78, 5) is 39.8. The molecule has 0 bridgehead atoms. The number of pyridine rings is 1. The van der Waals surface area contributed by atoms with Gasteiger partial charge in [-0.15, -0.1) is 0 Å². The first-order valence-corrected chi connectivity index (χ1v) is 14.7. The second-order valence-corrected chi connectivity index (χ2v) is 13.0. The van der Waals surface area contributed by atoms with Crippen LogP contribution in [0.25, 0.3) is 11.3 Å². The molecule has 6 rings (SSSR count). The lowest BCUT2D eigenvalue weighted by Crippen LogP contribution is -2.57. The molecular weight excluding hydrogens is 545 g/mol. The molecular formula is C31H37ClFN5O3. The van der Waals surface area contributed by atoms with Gasteiger partial charge in [0.25, 0.3) is 5.91 Å². The number of benzene rings is 1. The highest BCUT2D eigenvalue weighted by Gasteiger charge is 2.51. The van der Waals surface area contributed by atoms with Crippen molar-refractivity contribution in [3.05, 3.63) is 53.3 Å². The monoisotopic (exact) mass is 581 g/mol. The van der Waals surface area contributed by atoms with E-state index in [1.54, 1.807) is 28.0 Å². The molecule has 2 aromatic rings. The smallest absolute Gasteiger partial charge is 0.261 e. The third kappa shape index (κ3) is 4.77. The summed E-state index contributed by atoms with van der Waals surface area (Å²) in [7, 11) is 2.15. The van der Waals surface area contributed by atoms with Gasteiger partial charge in [-0.25, -0.2) is 9.37 Å². The molecule has 41 heavy (non-hydrogen) atoms. The Hall–Kier alpha value is -3.17. The molecule has 3 fully saturated rings. The Morgan fingerprint density at radius 1 is 1.20 bits per heavy atom. The van der Waals surface area contributed by atoms with Crippen molar-refractivity contribution in [3.8, 4) is 17.0 Å². The minimum absolute atomic E-state index is 0.0935. The number of halogens is 2. The van der Waals surface area contributed by atoms with Crippen LogP contribution in [0.2, 0.25) is 5.02 Å². The first-order chi connectivity index (χ1) is 19.5. The highest BCUT2D eigenvalue weighted by molar-refractivity contribution is 6.35. The number of fused-ring (bicyclic) bond motifs is 2. The van der Waals surface area contributed by atoms with Gasteiger partial charge in [-0.2, -0.15) is 0 Å². The number of carbonyl (C=O) groups excluding carboxylic acids is 2. The fraction of sp³-hybridized carbons (Fsp3) is 0.516. The van der Waals surface area contributed by atoms with Crippen molar-refractivity contribution in [1.82, 2.24) is 19.7 Å². The Bertz CT molecular complexity index is 1410. The molecule has 4 aliphatic heterocycles. The number of carbonyl (C=O) groups is 2. The molecule has 0 unspecified atom stereocenters. The van der Waals surface area contributed by atoms with Crippen molar-refractivity contribution in [3.63, 3.8) is 0 Å². The average Bonchev–Trinajstić information content (AvgIpc) is 3.13. The Balaban J connectivity index is 1.49. The van der Waals surface area contributed by atoms with E-state index in [1.165, 1.54) is 12.1 Å². The van der Waals surface area contributed by atoms with E-state index in [1.807, 2.05) is 0 Å². The van der Waals surface area contributed by atoms with Gasteiger partial charge in [0.05, 0.1) is 11.7 Å². The van der Waals surface area contributed by atoms with Gasteiger partial charge in [0, 0.05) is 37.3 Å². The molecule has 1 aromatic carbocycles. The van der Waals surface area contributed by atoms with Crippen LogP contribution in [0, 0.1) is 11.2 Å². The summed E-state index contributed by atoms with van der Waals surface area (Å²) in [5.41, 5.74) is 0.621. The van der Waals surface area contributed by atoms with Crippen molar-refractivity contribution < 1.29 is 18.7 Å². The average molecular weight is 582 g/mol. The molecule has 2 amide bonds. The number of piperidine rings is 1. The predicted octanol–water partition coefficient (Wildman–Crippen LogP) is 4.47. The van der Waals surface area contributed by atoms with E-state index in [9.17, 15) is 9.59 Å². The molecule has 5 heterocycles. The highest BCUT2D eigenvalue weighted by Crippen LogP contribution is 2.52. The van der Waals surface area contributed by atoms with E-state index in [0.717, 1.165) is 38.9 Å². The number of hydrogen-bond donors (Lipinski definition) is 0. The minimum Gasteiger partial charge on any atom is -0.489 e. The lowest BCUT2D eigenvalue weighted by Gasteiger charge is -2.40. The zero-order valence-corrected chi connectivity index (χ0v) is 24.7. The van der Waals surface area contributed by atoms with Crippen LogP contribution in [0.1, 0.15) is 43.5 Å². The maximum absolute atomic E-state index is 15.1. The van der Waals surface area contributed by atoms with Gasteiger partial charge in [-0.1, -0.05) is 30.3 Å². The van der Waals surface area contributed by atoms with E-state index in [-0.39, 0.29) is 57.4 Å². The quantitative estimate of drug-likeness (QED) is 0.498. The topological polar surface area (TPSA) is 69.2 Å². The van der Waals surface area contributed by atoms with Crippen molar-refractivity contribution in [2.45, 2.75) is 44.7 Å². The van der Waals surface area contributed by atoms with Gasteiger partial charge in [0.2, 0.25) is 5.91 Å². The van der Waals surface area contributed by atoms with Crippen LogP contribution in [0.3, 0.4) is 0 Å². The van der Waals surface area contributed by atoms with Gasteiger partial charge in [-0.3, -0.25) is 9.59 Å². The van der Waals surface area contributed by atoms with Crippen molar-refractivity contribution in [2.24, 2.45) is 5.41 Å². The normalized spacial score (nSPS) is 23.6. The first kappa shape index (κ1) is 28.0. The van der Waals surface area contributed by atoms with Gasteiger partial charge < -0.3 is 24.3 Å². The third-order valence-electron chi connectivity index (χ3n) is 9.40. The number of hydrogen-bond acceptors (Lipinski definition) is 6. The Kier molecular flexibility index (Phi) is 7.01. The van der Waals surface area contributed by atoms with Crippen LogP contribution in [-0.2, 0) is 4.79 Å². The maximum atomic E-state index is 15.1. The molecule has 8 nitrogen and oxygen atoms in total. The van der Waals surface area contributed by atoms with E-state index < -0.39 is 5.82 Å². The number of aromatic nitrogens is 1. The summed E-state index contributed by atoms with van der Waals surface area (Å²) in [5, 5.41) is 0.118. The Morgan fingerprint density at radius 2 is 1.93 bits per heavy atom. The second kappa shape index (κ2) is 10.3. The van der Waals surface area contributed by atoms with Gasteiger partial charge in [0.1, 0.15) is 28.8 Å². The van der Waals surface area contributed by atoms with Crippen LogP contribution < -0.4 is 9.64 Å². The molecule has 1 spiro atoms. The third-order valence-corrected chi connectivity index (χ3v) is 9.75. The summed E-state index contributed by atoms with van der Waals surface area (Å²) in [5.74, 6) is -0.132. The second-order valence-electron chi connectivity index (χ2n) is 12.6. The van der Waals surface area contributed by atoms with E-state index in [0.29, 0.717) is 31.0 Å². The Labute approximate surface area is 245 Å². The van der Waals surface area contributed by atoms with E-state index in [4.69, 9.17) is 21.3 Å². The number of piperazine rings is 1. The zero-order chi connectivity index (χ0) is 29.1.